The second-order valence-electron chi connectivity index (χ2n) is 5.14. The topological polar surface area (TPSA) is 32.3 Å². The molecule has 110 valence electrons. The molecule has 3 rings (SSSR count). The first-order valence-corrected chi connectivity index (χ1v) is 6.65. The van der Waals surface area contributed by atoms with Gasteiger partial charge in [-0.25, -0.2) is 0 Å². The van der Waals surface area contributed by atoms with E-state index in [2.05, 4.69) is 11.4 Å². The van der Waals surface area contributed by atoms with Gasteiger partial charge in [0, 0.05) is 12.2 Å². The van der Waals surface area contributed by atoms with E-state index in [1.807, 2.05) is 30.3 Å². The van der Waals surface area contributed by atoms with Gasteiger partial charge in [0.05, 0.1) is 0 Å². The Morgan fingerprint density at radius 1 is 1.05 bits per heavy atom. The predicted octanol–water partition coefficient (Wildman–Crippen LogP) is 3.59. The predicted molar refractivity (Wildman–Crippen MR) is 75.2 cm³/mol. The molecule has 0 aliphatic heterocycles. The molecular formula is C16H14F3NO. The van der Waals surface area contributed by atoms with E-state index in [-0.39, 0.29) is 0 Å². The minimum Gasteiger partial charge on any atom is -0.382 e. The Morgan fingerprint density at radius 2 is 1.76 bits per heavy atom. The van der Waals surface area contributed by atoms with E-state index < -0.39 is 18.8 Å². The number of hydrogen-bond acceptors (Lipinski definition) is 2. The number of fused-ring (bicyclic) bond motifs is 3. The van der Waals surface area contributed by atoms with Crippen molar-refractivity contribution in [2.24, 2.45) is 0 Å². The van der Waals surface area contributed by atoms with Crippen LogP contribution in [0.4, 0.5) is 18.9 Å². The molecule has 1 aliphatic rings. The lowest BCUT2D eigenvalue weighted by Gasteiger charge is -2.16. The van der Waals surface area contributed by atoms with Gasteiger partial charge < -0.3 is 10.4 Å². The number of benzene rings is 2. The van der Waals surface area contributed by atoms with Gasteiger partial charge in [-0.3, -0.25) is 0 Å². The van der Waals surface area contributed by atoms with Gasteiger partial charge in [-0.2, -0.15) is 13.2 Å². The standard InChI is InChI=1S/C16H14F3NO/c17-16(18,19)15(21)9-20-12-5-6-14-11(8-12)7-10-3-1-2-4-13(10)14/h1-6,8,15,20-21H,7,9H2. The van der Waals surface area contributed by atoms with Gasteiger partial charge in [0.2, 0.25) is 0 Å². The zero-order valence-electron chi connectivity index (χ0n) is 11.1. The largest absolute Gasteiger partial charge is 0.416 e. The molecule has 0 spiro atoms. The summed E-state index contributed by atoms with van der Waals surface area (Å²) < 4.78 is 36.8. The van der Waals surface area contributed by atoms with Crippen molar-refractivity contribution in [1.29, 1.82) is 0 Å². The summed E-state index contributed by atoms with van der Waals surface area (Å²) in [5, 5.41) is 11.6. The molecule has 0 radical (unpaired) electrons. The highest BCUT2D eigenvalue weighted by Crippen LogP contribution is 2.37. The summed E-state index contributed by atoms with van der Waals surface area (Å²) in [4.78, 5) is 0. The minimum absolute atomic E-state index is 0.546. The Balaban J connectivity index is 1.75. The van der Waals surface area contributed by atoms with Crippen molar-refractivity contribution >= 4 is 5.69 Å². The maximum atomic E-state index is 12.3. The number of hydrogen-bond donors (Lipinski definition) is 2. The third-order valence-electron chi connectivity index (χ3n) is 3.67. The summed E-state index contributed by atoms with van der Waals surface area (Å²) in [6.45, 7) is -0.546. The monoisotopic (exact) mass is 293 g/mol. The van der Waals surface area contributed by atoms with Crippen molar-refractivity contribution < 1.29 is 18.3 Å². The lowest BCUT2D eigenvalue weighted by molar-refractivity contribution is -0.198. The number of anilines is 1. The Bertz CT molecular complexity index is 667. The lowest BCUT2D eigenvalue weighted by Crippen LogP contribution is -2.35. The van der Waals surface area contributed by atoms with E-state index in [1.54, 1.807) is 6.07 Å². The molecule has 2 aromatic rings. The molecule has 1 atom stereocenters. The van der Waals surface area contributed by atoms with Crippen LogP contribution >= 0.6 is 0 Å². The third-order valence-corrected chi connectivity index (χ3v) is 3.67. The summed E-state index contributed by atoms with van der Waals surface area (Å²) in [7, 11) is 0. The fourth-order valence-corrected chi connectivity index (χ4v) is 2.59. The second-order valence-corrected chi connectivity index (χ2v) is 5.14. The number of aliphatic hydroxyl groups is 1. The van der Waals surface area contributed by atoms with E-state index in [4.69, 9.17) is 5.11 Å². The van der Waals surface area contributed by atoms with Crippen molar-refractivity contribution in [2.75, 3.05) is 11.9 Å². The highest BCUT2D eigenvalue weighted by atomic mass is 19.4. The Labute approximate surface area is 120 Å². The first-order valence-electron chi connectivity index (χ1n) is 6.65. The molecule has 2 nitrogen and oxygen atoms in total. The van der Waals surface area contributed by atoms with E-state index >= 15 is 0 Å². The van der Waals surface area contributed by atoms with E-state index in [0.29, 0.717) is 5.69 Å². The number of aliphatic hydroxyl groups excluding tert-OH is 1. The zero-order chi connectivity index (χ0) is 15.0. The molecule has 21 heavy (non-hydrogen) atoms. The Hall–Kier alpha value is -2.01. The van der Waals surface area contributed by atoms with Crippen LogP contribution < -0.4 is 5.32 Å². The van der Waals surface area contributed by atoms with Crippen molar-refractivity contribution in [3.05, 3.63) is 53.6 Å². The first kappa shape index (κ1) is 13.9. The van der Waals surface area contributed by atoms with Gasteiger partial charge in [-0.1, -0.05) is 30.3 Å². The van der Waals surface area contributed by atoms with Gasteiger partial charge in [0.25, 0.3) is 0 Å². The van der Waals surface area contributed by atoms with Crippen molar-refractivity contribution in [3.63, 3.8) is 0 Å². The van der Waals surface area contributed by atoms with Crippen LogP contribution in [0, 0.1) is 0 Å². The molecule has 0 saturated heterocycles. The molecule has 2 aromatic carbocycles. The molecule has 0 aromatic heterocycles. The molecular weight excluding hydrogens is 279 g/mol. The van der Waals surface area contributed by atoms with Gasteiger partial charge in [0.15, 0.2) is 6.10 Å². The number of alkyl halides is 3. The average molecular weight is 293 g/mol. The highest BCUT2D eigenvalue weighted by molar-refractivity contribution is 5.78. The molecule has 0 bridgehead atoms. The Morgan fingerprint density at radius 3 is 2.52 bits per heavy atom. The van der Waals surface area contributed by atoms with Crippen LogP contribution in [0.5, 0.6) is 0 Å². The van der Waals surface area contributed by atoms with Crippen LogP contribution in [-0.2, 0) is 6.42 Å². The van der Waals surface area contributed by atoms with Crippen LogP contribution in [0.1, 0.15) is 11.1 Å². The van der Waals surface area contributed by atoms with Gasteiger partial charge in [-0.15, -0.1) is 0 Å². The molecule has 0 fully saturated rings. The SMILES string of the molecule is OC(CNc1ccc2c(c1)Cc1ccccc1-2)C(F)(F)F. The first-order chi connectivity index (χ1) is 9.95. The molecule has 0 saturated carbocycles. The number of halogens is 3. The van der Waals surface area contributed by atoms with Crippen LogP contribution in [0.2, 0.25) is 0 Å². The van der Waals surface area contributed by atoms with Crippen LogP contribution in [0.3, 0.4) is 0 Å². The number of rotatable bonds is 3. The third kappa shape index (κ3) is 2.74. The Kier molecular flexibility index (Phi) is 3.37. The van der Waals surface area contributed by atoms with Gasteiger partial charge in [-0.05, 0) is 40.8 Å². The maximum absolute atomic E-state index is 12.3. The average Bonchev–Trinajstić information content (AvgIpc) is 2.81. The fraction of sp³-hybridized carbons (Fsp3) is 0.250. The van der Waals surface area contributed by atoms with Crippen LogP contribution in [0.15, 0.2) is 42.5 Å². The van der Waals surface area contributed by atoms with E-state index in [0.717, 1.165) is 17.5 Å². The van der Waals surface area contributed by atoms with Crippen molar-refractivity contribution in [2.45, 2.75) is 18.7 Å². The van der Waals surface area contributed by atoms with Crippen LogP contribution in [0.25, 0.3) is 11.1 Å². The fourth-order valence-electron chi connectivity index (χ4n) is 2.59. The summed E-state index contributed by atoms with van der Waals surface area (Å²) in [6, 6.07) is 13.5. The molecule has 0 heterocycles. The van der Waals surface area contributed by atoms with Crippen molar-refractivity contribution in [3.8, 4) is 11.1 Å². The molecule has 0 amide bonds. The number of nitrogens with one attached hydrogen (secondary N) is 1. The molecule has 5 heteroatoms. The second kappa shape index (κ2) is 5.07. The van der Waals surface area contributed by atoms with E-state index in [1.165, 1.54) is 11.1 Å². The normalized spacial score (nSPS) is 14.5. The van der Waals surface area contributed by atoms with E-state index in [9.17, 15) is 13.2 Å². The zero-order valence-corrected chi connectivity index (χ0v) is 11.1. The molecule has 1 unspecified atom stereocenters. The summed E-state index contributed by atoms with van der Waals surface area (Å²) in [6.07, 6.45) is -6.18. The van der Waals surface area contributed by atoms with Gasteiger partial charge in [0.1, 0.15) is 0 Å². The summed E-state index contributed by atoms with van der Waals surface area (Å²) in [5.74, 6) is 0. The minimum atomic E-state index is -4.60. The smallest absolute Gasteiger partial charge is 0.382 e. The van der Waals surface area contributed by atoms with Crippen LogP contribution in [-0.4, -0.2) is 23.9 Å². The summed E-state index contributed by atoms with van der Waals surface area (Å²) >= 11 is 0. The molecule has 1 aliphatic carbocycles. The van der Waals surface area contributed by atoms with Crippen molar-refractivity contribution in [1.82, 2.24) is 0 Å². The maximum Gasteiger partial charge on any atom is 0.416 e. The highest BCUT2D eigenvalue weighted by Gasteiger charge is 2.37. The van der Waals surface area contributed by atoms with Gasteiger partial charge >= 0.3 is 6.18 Å². The lowest BCUT2D eigenvalue weighted by atomic mass is 10.1. The quantitative estimate of drug-likeness (QED) is 0.773. The summed E-state index contributed by atoms with van der Waals surface area (Å²) in [5.41, 5.74) is 5.19. The molecule has 2 N–H and O–H groups in total.